The first kappa shape index (κ1) is 22.6. The number of benzene rings is 2. The highest BCUT2D eigenvalue weighted by Gasteiger charge is 2.15. The Labute approximate surface area is 187 Å². The molecule has 0 saturated carbocycles. The molecule has 1 amide bonds. The van der Waals surface area contributed by atoms with Crippen LogP contribution in [-0.2, 0) is 4.79 Å². The smallest absolute Gasteiger partial charge is 0.335 e. The molecule has 2 N–H and O–H groups in total. The molecular formula is C26H25N3O3. The van der Waals surface area contributed by atoms with E-state index in [1.54, 1.807) is 12.1 Å². The minimum Gasteiger partial charge on any atom is -0.478 e. The SMILES string of the molecule is Cc1cc(/C=C(/C#N)C(=O)Nc2cccc(C(=O)O)c2)c(C)n1-c1ccc(C(C)C)cc1. The fraction of sp³-hybridized carbons (Fsp3) is 0.192. The van der Waals surface area contributed by atoms with E-state index in [0.717, 1.165) is 22.6 Å². The van der Waals surface area contributed by atoms with Gasteiger partial charge >= 0.3 is 5.97 Å². The van der Waals surface area contributed by atoms with E-state index in [4.69, 9.17) is 5.11 Å². The van der Waals surface area contributed by atoms with Crippen LogP contribution in [0.3, 0.4) is 0 Å². The number of carbonyl (C=O) groups is 2. The molecule has 0 spiro atoms. The number of carboxylic acids is 1. The molecule has 0 aliphatic rings. The van der Waals surface area contributed by atoms with Crippen LogP contribution in [-0.4, -0.2) is 21.6 Å². The standard InChI is InChI=1S/C26H25N3O3/c1-16(2)19-8-10-24(11-9-19)29-17(3)12-21(18(29)4)13-22(15-27)25(30)28-23-7-5-6-20(14-23)26(31)32/h5-14,16H,1-4H3,(H,28,30)(H,31,32)/b22-13-. The van der Waals surface area contributed by atoms with Crippen molar-refractivity contribution in [2.75, 3.05) is 5.32 Å². The number of hydrogen-bond acceptors (Lipinski definition) is 3. The van der Waals surface area contributed by atoms with Gasteiger partial charge in [0, 0.05) is 22.8 Å². The maximum atomic E-state index is 12.6. The predicted octanol–water partition coefficient (Wildman–Crippen LogP) is 5.46. The van der Waals surface area contributed by atoms with E-state index in [1.807, 2.05) is 26.0 Å². The molecule has 0 unspecified atom stereocenters. The van der Waals surface area contributed by atoms with Gasteiger partial charge in [-0.15, -0.1) is 0 Å². The molecule has 0 aliphatic heterocycles. The fourth-order valence-electron chi connectivity index (χ4n) is 3.57. The van der Waals surface area contributed by atoms with Crippen LogP contribution < -0.4 is 5.32 Å². The van der Waals surface area contributed by atoms with Crippen molar-refractivity contribution in [2.45, 2.75) is 33.6 Å². The summed E-state index contributed by atoms with van der Waals surface area (Å²) in [5, 5.41) is 21.3. The Morgan fingerprint density at radius 3 is 2.38 bits per heavy atom. The lowest BCUT2D eigenvalue weighted by Crippen LogP contribution is -2.14. The molecule has 1 aromatic heterocycles. The van der Waals surface area contributed by atoms with E-state index >= 15 is 0 Å². The first-order chi connectivity index (χ1) is 15.2. The number of rotatable bonds is 6. The molecule has 2 aromatic carbocycles. The summed E-state index contributed by atoms with van der Waals surface area (Å²) >= 11 is 0. The molecular weight excluding hydrogens is 402 g/mol. The second-order valence-electron chi connectivity index (χ2n) is 7.92. The molecule has 0 fully saturated rings. The van der Waals surface area contributed by atoms with Gasteiger partial charge in [-0.1, -0.05) is 32.0 Å². The molecule has 162 valence electrons. The maximum absolute atomic E-state index is 12.6. The second kappa shape index (κ2) is 9.36. The first-order valence-electron chi connectivity index (χ1n) is 10.3. The summed E-state index contributed by atoms with van der Waals surface area (Å²) in [7, 11) is 0. The van der Waals surface area contributed by atoms with Crippen LogP contribution in [0.1, 0.15) is 52.6 Å². The molecule has 0 saturated heterocycles. The first-order valence-corrected chi connectivity index (χ1v) is 10.3. The minimum atomic E-state index is -1.09. The van der Waals surface area contributed by atoms with Gasteiger partial charge in [0.05, 0.1) is 5.56 Å². The zero-order chi connectivity index (χ0) is 23.4. The van der Waals surface area contributed by atoms with Gasteiger partial charge in [-0.2, -0.15) is 5.26 Å². The number of hydrogen-bond donors (Lipinski definition) is 2. The van der Waals surface area contributed by atoms with Gasteiger partial charge in [0.1, 0.15) is 11.6 Å². The van der Waals surface area contributed by atoms with E-state index in [0.29, 0.717) is 11.6 Å². The molecule has 0 bridgehead atoms. The van der Waals surface area contributed by atoms with Crippen molar-refractivity contribution in [3.63, 3.8) is 0 Å². The Kier molecular flexibility index (Phi) is 6.60. The van der Waals surface area contributed by atoms with Crippen LogP contribution in [0.2, 0.25) is 0 Å². The fourth-order valence-corrected chi connectivity index (χ4v) is 3.57. The number of nitriles is 1. The van der Waals surface area contributed by atoms with E-state index in [9.17, 15) is 14.9 Å². The number of aromatic nitrogens is 1. The van der Waals surface area contributed by atoms with Gasteiger partial charge in [-0.25, -0.2) is 4.79 Å². The van der Waals surface area contributed by atoms with Crippen molar-refractivity contribution in [2.24, 2.45) is 0 Å². The summed E-state index contributed by atoms with van der Waals surface area (Å²) in [6, 6.07) is 18.1. The molecule has 3 rings (SSSR count). The van der Waals surface area contributed by atoms with Gasteiger partial charge in [0.2, 0.25) is 0 Å². The van der Waals surface area contributed by atoms with Gasteiger partial charge in [0.15, 0.2) is 0 Å². The third kappa shape index (κ3) is 4.79. The van der Waals surface area contributed by atoms with E-state index in [-0.39, 0.29) is 11.1 Å². The third-order valence-electron chi connectivity index (χ3n) is 5.32. The number of aryl methyl sites for hydroxylation is 1. The largest absolute Gasteiger partial charge is 0.478 e. The summed E-state index contributed by atoms with van der Waals surface area (Å²) in [6.45, 7) is 8.22. The van der Waals surface area contributed by atoms with E-state index in [2.05, 4.69) is 48.0 Å². The Morgan fingerprint density at radius 1 is 1.09 bits per heavy atom. The highest BCUT2D eigenvalue weighted by atomic mass is 16.4. The summed E-state index contributed by atoms with van der Waals surface area (Å²) in [4.78, 5) is 23.8. The number of nitrogens with zero attached hydrogens (tertiary/aromatic N) is 2. The lowest BCUT2D eigenvalue weighted by molar-refractivity contribution is -0.112. The number of amides is 1. The molecule has 6 nitrogen and oxygen atoms in total. The number of anilines is 1. The monoisotopic (exact) mass is 427 g/mol. The van der Waals surface area contributed by atoms with Gasteiger partial charge in [-0.05, 0) is 73.4 Å². The maximum Gasteiger partial charge on any atom is 0.335 e. The average molecular weight is 428 g/mol. The van der Waals surface area contributed by atoms with Crippen molar-refractivity contribution < 1.29 is 14.7 Å². The lowest BCUT2D eigenvalue weighted by Gasteiger charge is -2.12. The van der Waals surface area contributed by atoms with Gasteiger partial charge in [0.25, 0.3) is 5.91 Å². The molecule has 6 heteroatoms. The highest BCUT2D eigenvalue weighted by Crippen LogP contribution is 2.25. The summed E-state index contributed by atoms with van der Waals surface area (Å²) in [5.74, 6) is -1.24. The molecule has 0 atom stereocenters. The van der Waals surface area contributed by atoms with Crippen molar-refractivity contribution in [1.82, 2.24) is 4.57 Å². The summed E-state index contributed by atoms with van der Waals surface area (Å²) in [5.41, 5.74) is 5.22. The number of carbonyl (C=O) groups excluding carboxylic acids is 1. The normalized spacial score (nSPS) is 11.3. The minimum absolute atomic E-state index is 0.0531. The Balaban J connectivity index is 1.90. The van der Waals surface area contributed by atoms with Crippen LogP contribution in [0.25, 0.3) is 11.8 Å². The number of aromatic carboxylic acids is 1. The van der Waals surface area contributed by atoms with Crippen LogP contribution in [0.15, 0.2) is 60.2 Å². The number of nitrogens with one attached hydrogen (secondary N) is 1. The Morgan fingerprint density at radius 2 is 1.78 bits per heavy atom. The third-order valence-corrected chi connectivity index (χ3v) is 5.32. The molecule has 1 heterocycles. The molecule has 32 heavy (non-hydrogen) atoms. The van der Waals surface area contributed by atoms with Crippen LogP contribution in [0.4, 0.5) is 5.69 Å². The Bertz CT molecular complexity index is 1240. The van der Waals surface area contributed by atoms with E-state index < -0.39 is 11.9 Å². The summed E-state index contributed by atoms with van der Waals surface area (Å²) < 4.78 is 2.08. The average Bonchev–Trinajstić information content (AvgIpc) is 3.04. The zero-order valence-electron chi connectivity index (χ0n) is 18.5. The van der Waals surface area contributed by atoms with Gasteiger partial charge < -0.3 is 15.0 Å². The van der Waals surface area contributed by atoms with Crippen molar-refractivity contribution in [3.8, 4) is 11.8 Å². The lowest BCUT2D eigenvalue weighted by atomic mass is 10.0. The van der Waals surface area contributed by atoms with Crippen molar-refractivity contribution >= 4 is 23.6 Å². The number of carboxylic acid groups (broad SMARTS) is 1. The van der Waals surface area contributed by atoms with Gasteiger partial charge in [-0.3, -0.25) is 4.79 Å². The second-order valence-corrected chi connectivity index (χ2v) is 7.92. The van der Waals surface area contributed by atoms with E-state index in [1.165, 1.54) is 23.8 Å². The van der Waals surface area contributed by atoms with Crippen LogP contribution in [0, 0.1) is 25.2 Å². The molecule has 0 radical (unpaired) electrons. The highest BCUT2D eigenvalue weighted by molar-refractivity contribution is 6.10. The van der Waals surface area contributed by atoms with Crippen molar-refractivity contribution in [3.05, 3.63) is 88.2 Å². The summed E-state index contributed by atoms with van der Waals surface area (Å²) in [6.07, 6.45) is 1.55. The molecule has 3 aromatic rings. The quantitative estimate of drug-likeness (QED) is 0.403. The van der Waals surface area contributed by atoms with Crippen LogP contribution in [0.5, 0.6) is 0 Å². The molecule has 0 aliphatic carbocycles. The topological polar surface area (TPSA) is 95.1 Å². The predicted molar refractivity (Wildman–Crippen MR) is 125 cm³/mol. The Hall–Kier alpha value is -4.11. The van der Waals surface area contributed by atoms with Crippen LogP contribution >= 0.6 is 0 Å². The zero-order valence-corrected chi connectivity index (χ0v) is 18.5. The van der Waals surface area contributed by atoms with Crippen molar-refractivity contribution in [1.29, 1.82) is 5.26 Å².